The smallest absolute Gasteiger partial charge is 0.306 e. The summed E-state index contributed by atoms with van der Waals surface area (Å²) < 4.78 is 16.0. The molecule has 5 rings (SSSR count). The van der Waals surface area contributed by atoms with E-state index in [1.165, 1.54) is 19.2 Å². The fraction of sp³-hybridized carbons (Fsp3) is 0.138. The van der Waals surface area contributed by atoms with Crippen LogP contribution in [0.3, 0.4) is 0 Å². The van der Waals surface area contributed by atoms with Gasteiger partial charge in [0, 0.05) is 39.6 Å². The van der Waals surface area contributed by atoms with Crippen LogP contribution < -0.4 is 15.7 Å². The highest BCUT2D eigenvalue weighted by atomic mass is 16.5. The van der Waals surface area contributed by atoms with Crippen molar-refractivity contribution in [2.45, 2.75) is 12.3 Å². The van der Waals surface area contributed by atoms with Crippen LogP contribution in [0, 0.1) is 0 Å². The summed E-state index contributed by atoms with van der Waals surface area (Å²) in [5, 5.41) is 52.0. The molecule has 0 amide bonds. The fourth-order valence-corrected chi connectivity index (χ4v) is 4.75. The van der Waals surface area contributed by atoms with Gasteiger partial charge >= 0.3 is 5.97 Å². The normalized spacial score (nSPS) is 12.0. The van der Waals surface area contributed by atoms with Gasteiger partial charge in [-0.15, -0.1) is 0 Å². The molecule has 0 aliphatic heterocycles. The first-order valence-corrected chi connectivity index (χ1v) is 12.1. The van der Waals surface area contributed by atoms with Crippen LogP contribution in [0.25, 0.3) is 33.2 Å². The number of nitrogens with one attached hydrogen (secondary N) is 1. The second kappa shape index (κ2) is 10.2. The van der Waals surface area contributed by atoms with Crippen LogP contribution in [-0.2, 0) is 9.53 Å². The van der Waals surface area contributed by atoms with Gasteiger partial charge in [-0.2, -0.15) is 0 Å². The van der Waals surface area contributed by atoms with E-state index in [0.29, 0.717) is 16.7 Å². The molecule has 6 N–H and O–H groups in total. The van der Waals surface area contributed by atoms with Crippen molar-refractivity contribution in [3.05, 3.63) is 80.2 Å². The lowest BCUT2D eigenvalue weighted by atomic mass is 9.86. The first kappa shape index (κ1) is 26.9. The highest BCUT2D eigenvalue weighted by Gasteiger charge is 2.31. The van der Waals surface area contributed by atoms with Gasteiger partial charge in [-0.05, 0) is 42.5 Å². The Morgan fingerprint density at radius 1 is 0.902 bits per heavy atom. The molecule has 5 aromatic rings. The number of fused-ring (bicyclic) bond motifs is 2. The van der Waals surface area contributed by atoms with E-state index < -0.39 is 74.8 Å². The number of ether oxygens (including phenoxy) is 2. The molecule has 0 saturated heterocycles. The number of aromatic amines is 1. The van der Waals surface area contributed by atoms with Crippen LogP contribution in [0.5, 0.6) is 34.5 Å². The molecule has 0 spiro atoms. The van der Waals surface area contributed by atoms with Crippen molar-refractivity contribution in [1.29, 1.82) is 0 Å². The van der Waals surface area contributed by atoms with Crippen molar-refractivity contribution in [1.82, 2.24) is 4.98 Å². The molecule has 12 heteroatoms. The van der Waals surface area contributed by atoms with Gasteiger partial charge in [-0.25, -0.2) is 0 Å². The molecule has 2 heterocycles. The zero-order chi connectivity index (χ0) is 29.6. The molecular weight excluding hydrogens is 538 g/mol. The minimum atomic E-state index is -1.28. The van der Waals surface area contributed by atoms with Crippen LogP contribution in [0.2, 0.25) is 0 Å². The summed E-state index contributed by atoms with van der Waals surface area (Å²) >= 11 is 0. The summed E-state index contributed by atoms with van der Waals surface area (Å²) in [5.41, 5.74) is -1.97. The van der Waals surface area contributed by atoms with Gasteiger partial charge < -0.3 is 44.4 Å². The van der Waals surface area contributed by atoms with Crippen molar-refractivity contribution >= 4 is 27.8 Å². The molecule has 12 nitrogen and oxygen atoms in total. The summed E-state index contributed by atoms with van der Waals surface area (Å²) in [6.07, 6.45) is -0.498. The Morgan fingerprint density at radius 2 is 1.66 bits per heavy atom. The van der Waals surface area contributed by atoms with Crippen LogP contribution in [0.4, 0.5) is 0 Å². The van der Waals surface area contributed by atoms with E-state index in [4.69, 9.17) is 13.9 Å². The zero-order valence-electron chi connectivity index (χ0n) is 21.6. The average Bonchev–Trinajstić information content (AvgIpc) is 2.94. The molecule has 41 heavy (non-hydrogen) atoms. The van der Waals surface area contributed by atoms with Gasteiger partial charge in [0.25, 0.3) is 5.56 Å². The van der Waals surface area contributed by atoms with Gasteiger partial charge in [0.05, 0.1) is 20.6 Å². The highest BCUT2D eigenvalue weighted by Crippen LogP contribution is 2.44. The topological polar surface area (TPSA) is 200 Å². The van der Waals surface area contributed by atoms with Gasteiger partial charge in [0.1, 0.15) is 28.2 Å². The molecule has 1 unspecified atom stereocenters. The van der Waals surface area contributed by atoms with Crippen molar-refractivity contribution < 1.29 is 44.2 Å². The number of esters is 1. The second-order valence-electron chi connectivity index (χ2n) is 9.18. The minimum absolute atomic E-state index is 0.0157. The molecule has 0 radical (unpaired) electrons. The molecule has 0 aliphatic rings. The van der Waals surface area contributed by atoms with Gasteiger partial charge in [-0.1, -0.05) is 0 Å². The number of pyridine rings is 1. The molecule has 0 aliphatic carbocycles. The minimum Gasteiger partial charge on any atom is -0.507 e. The lowest BCUT2D eigenvalue weighted by Gasteiger charge is -2.20. The fourth-order valence-electron chi connectivity index (χ4n) is 4.75. The Bertz CT molecular complexity index is 1970. The maximum atomic E-state index is 13.3. The van der Waals surface area contributed by atoms with E-state index in [1.807, 2.05) is 0 Å². The maximum absolute atomic E-state index is 13.3. The number of aromatic hydroxyl groups is 5. The zero-order valence-corrected chi connectivity index (χ0v) is 21.6. The number of phenolic OH excluding ortho intramolecular Hbond substituents is 4. The van der Waals surface area contributed by atoms with Gasteiger partial charge in [-0.3, -0.25) is 14.4 Å². The van der Waals surface area contributed by atoms with Crippen LogP contribution in [0.1, 0.15) is 23.5 Å². The number of rotatable bonds is 6. The molecule has 0 bridgehead atoms. The van der Waals surface area contributed by atoms with Crippen LogP contribution in [0.15, 0.2) is 62.5 Å². The van der Waals surface area contributed by atoms with E-state index in [1.54, 1.807) is 18.2 Å². The van der Waals surface area contributed by atoms with E-state index in [-0.39, 0.29) is 16.7 Å². The first-order chi connectivity index (χ1) is 19.5. The quantitative estimate of drug-likeness (QED) is 0.131. The summed E-state index contributed by atoms with van der Waals surface area (Å²) in [5.74, 6) is -5.39. The SMILES string of the molecule is COC(=O)CC(c1cc2cc(OC)ccc2[nH]c1=O)c1c(O)cc(O)c2c(=O)c(O)c(-c3ccc(O)c(O)c3)oc12. The maximum Gasteiger partial charge on any atom is 0.306 e. The molecule has 2 aromatic heterocycles. The molecule has 210 valence electrons. The van der Waals surface area contributed by atoms with E-state index in [2.05, 4.69) is 4.98 Å². The Kier molecular flexibility index (Phi) is 6.67. The summed E-state index contributed by atoms with van der Waals surface area (Å²) in [4.78, 5) is 41.9. The van der Waals surface area contributed by atoms with Crippen molar-refractivity contribution in [3.8, 4) is 45.8 Å². The Hall–Kier alpha value is -5.65. The Morgan fingerprint density at radius 3 is 2.34 bits per heavy atom. The summed E-state index contributed by atoms with van der Waals surface area (Å²) in [6.45, 7) is 0. The first-order valence-electron chi connectivity index (χ1n) is 12.1. The largest absolute Gasteiger partial charge is 0.507 e. The predicted molar refractivity (Wildman–Crippen MR) is 146 cm³/mol. The van der Waals surface area contributed by atoms with Gasteiger partial charge in [0.15, 0.2) is 17.3 Å². The van der Waals surface area contributed by atoms with Crippen molar-refractivity contribution in [3.63, 3.8) is 0 Å². The number of hydrogen-bond acceptors (Lipinski definition) is 11. The predicted octanol–water partition coefficient (Wildman–Crippen LogP) is 3.53. The lowest BCUT2D eigenvalue weighted by molar-refractivity contribution is -0.140. The van der Waals surface area contributed by atoms with Crippen molar-refractivity contribution in [2.75, 3.05) is 14.2 Å². The monoisotopic (exact) mass is 561 g/mol. The number of carbonyl (C=O) groups excluding carboxylic acids is 1. The third-order valence-electron chi connectivity index (χ3n) is 6.78. The Balaban J connectivity index is 1.87. The van der Waals surface area contributed by atoms with E-state index in [0.717, 1.165) is 25.3 Å². The molecule has 3 aromatic carbocycles. The number of benzene rings is 3. The highest BCUT2D eigenvalue weighted by molar-refractivity contribution is 5.92. The van der Waals surface area contributed by atoms with E-state index in [9.17, 15) is 39.9 Å². The van der Waals surface area contributed by atoms with E-state index >= 15 is 0 Å². The van der Waals surface area contributed by atoms with Gasteiger partial charge in [0.2, 0.25) is 11.2 Å². The number of hydrogen-bond donors (Lipinski definition) is 6. The number of H-pyrrole nitrogens is 1. The van der Waals surface area contributed by atoms with Crippen molar-refractivity contribution in [2.24, 2.45) is 0 Å². The number of phenols is 4. The van der Waals surface area contributed by atoms with Crippen LogP contribution >= 0.6 is 0 Å². The third-order valence-corrected chi connectivity index (χ3v) is 6.78. The summed E-state index contributed by atoms with van der Waals surface area (Å²) in [7, 11) is 2.61. The Labute approximate surface area is 229 Å². The molecule has 0 saturated carbocycles. The molecular formula is C29H23NO11. The number of aromatic nitrogens is 1. The average molecular weight is 561 g/mol. The number of methoxy groups -OCH3 is 2. The van der Waals surface area contributed by atoms with Crippen LogP contribution in [-0.4, -0.2) is 50.7 Å². The molecule has 0 fully saturated rings. The summed E-state index contributed by atoms with van der Waals surface area (Å²) in [6, 6.07) is 10.6. The molecule has 1 atom stereocenters. The second-order valence-corrected chi connectivity index (χ2v) is 9.18. The number of carbonyl (C=O) groups is 1. The lowest BCUT2D eigenvalue weighted by Crippen LogP contribution is -2.20. The standard InChI is InChI=1S/C29H23NO11/c1-39-14-4-5-17-13(7-14)8-16(29(38)30-17)15(10-22(35)40-2)23-20(33)11-21(34)24-25(36)26(37)27(41-28(23)24)12-3-6-18(31)19(32)9-12/h3-9,11,15,31-34,37H,10H2,1-2H3,(H,30,38). The third kappa shape index (κ3) is 4.61.